The molecular formula is C10H11Cl2N. The Morgan fingerprint density at radius 2 is 2.15 bits per heavy atom. The van der Waals surface area contributed by atoms with Crippen molar-refractivity contribution in [2.24, 2.45) is 0 Å². The Labute approximate surface area is 88.0 Å². The lowest BCUT2D eigenvalue weighted by Crippen LogP contribution is -2.26. The zero-order valence-electron chi connectivity index (χ0n) is 7.40. The van der Waals surface area contributed by atoms with Crippen LogP contribution in [0.2, 0.25) is 10.0 Å². The van der Waals surface area contributed by atoms with Gasteiger partial charge in [0.1, 0.15) is 0 Å². The summed E-state index contributed by atoms with van der Waals surface area (Å²) < 4.78 is 0. The quantitative estimate of drug-likeness (QED) is 0.702. The largest absolute Gasteiger partial charge is 0.312 e. The third kappa shape index (κ3) is 1.56. The second-order valence-corrected chi connectivity index (χ2v) is 4.25. The number of hydrogen-bond acceptors (Lipinski definition) is 1. The lowest BCUT2D eigenvalue weighted by Gasteiger charge is -2.24. The molecule has 0 aliphatic carbocycles. The highest BCUT2D eigenvalue weighted by Gasteiger charge is 2.19. The van der Waals surface area contributed by atoms with E-state index in [0.29, 0.717) is 16.0 Å². The Hall–Kier alpha value is -0.240. The number of rotatable bonds is 0. The molecule has 1 aromatic rings. The summed E-state index contributed by atoms with van der Waals surface area (Å²) in [7, 11) is 0. The topological polar surface area (TPSA) is 12.0 Å². The maximum absolute atomic E-state index is 6.10. The van der Waals surface area contributed by atoms with Gasteiger partial charge in [0.15, 0.2) is 0 Å². The number of hydrogen-bond donors (Lipinski definition) is 1. The highest BCUT2D eigenvalue weighted by Crippen LogP contribution is 2.33. The fourth-order valence-electron chi connectivity index (χ4n) is 1.77. The summed E-state index contributed by atoms with van der Waals surface area (Å²) in [6.07, 6.45) is 0. The van der Waals surface area contributed by atoms with Gasteiger partial charge in [-0.25, -0.2) is 0 Å². The number of fused-ring (bicyclic) bond motifs is 1. The molecule has 0 amide bonds. The molecule has 1 aliphatic rings. The van der Waals surface area contributed by atoms with E-state index in [0.717, 1.165) is 18.7 Å². The third-order valence-corrected chi connectivity index (χ3v) is 3.36. The van der Waals surface area contributed by atoms with Gasteiger partial charge in [0.2, 0.25) is 0 Å². The van der Waals surface area contributed by atoms with Crippen molar-refractivity contribution in [3.05, 3.63) is 33.3 Å². The Balaban J connectivity index is 2.56. The molecule has 1 unspecified atom stereocenters. The van der Waals surface area contributed by atoms with Crippen LogP contribution >= 0.6 is 23.2 Å². The summed E-state index contributed by atoms with van der Waals surface area (Å²) in [5.74, 6) is 0.526. The van der Waals surface area contributed by atoms with Crippen LogP contribution in [-0.4, -0.2) is 6.54 Å². The van der Waals surface area contributed by atoms with Gasteiger partial charge in [0.05, 0.1) is 10.0 Å². The van der Waals surface area contributed by atoms with Crippen LogP contribution in [0.25, 0.3) is 0 Å². The summed E-state index contributed by atoms with van der Waals surface area (Å²) in [5, 5.41) is 4.67. The van der Waals surface area contributed by atoms with Crippen molar-refractivity contribution in [3.63, 3.8) is 0 Å². The van der Waals surface area contributed by atoms with Crippen LogP contribution in [0.1, 0.15) is 24.0 Å². The average Bonchev–Trinajstić information content (AvgIpc) is 2.12. The molecule has 70 valence electrons. The maximum Gasteiger partial charge on any atom is 0.0640 e. The van der Waals surface area contributed by atoms with Crippen molar-refractivity contribution in [3.8, 4) is 0 Å². The summed E-state index contributed by atoms with van der Waals surface area (Å²) in [6.45, 7) is 4.04. The molecule has 0 aromatic heterocycles. The van der Waals surface area contributed by atoms with Gasteiger partial charge in [0.25, 0.3) is 0 Å². The lowest BCUT2D eigenvalue weighted by molar-refractivity contribution is 0.571. The molecule has 0 spiro atoms. The van der Waals surface area contributed by atoms with Crippen LogP contribution in [0, 0.1) is 0 Å². The van der Waals surface area contributed by atoms with Gasteiger partial charge in [-0.3, -0.25) is 0 Å². The van der Waals surface area contributed by atoms with Crippen molar-refractivity contribution in [2.45, 2.75) is 19.4 Å². The molecule has 0 saturated carbocycles. The smallest absolute Gasteiger partial charge is 0.0640 e. The van der Waals surface area contributed by atoms with E-state index in [1.54, 1.807) is 0 Å². The molecule has 1 nitrogen and oxygen atoms in total. The molecule has 0 fully saturated rings. The van der Waals surface area contributed by atoms with Gasteiger partial charge in [-0.05, 0) is 23.1 Å². The van der Waals surface area contributed by atoms with Gasteiger partial charge in [-0.2, -0.15) is 0 Å². The van der Waals surface area contributed by atoms with Gasteiger partial charge < -0.3 is 5.32 Å². The third-order valence-electron chi connectivity index (χ3n) is 2.52. The molecule has 1 N–H and O–H groups in total. The van der Waals surface area contributed by atoms with Crippen LogP contribution in [0.3, 0.4) is 0 Å². The molecule has 1 aromatic carbocycles. The van der Waals surface area contributed by atoms with E-state index in [1.165, 1.54) is 5.56 Å². The van der Waals surface area contributed by atoms with Crippen LogP contribution < -0.4 is 5.32 Å². The summed E-state index contributed by atoms with van der Waals surface area (Å²) in [6, 6.07) is 3.96. The minimum absolute atomic E-state index is 0.526. The summed E-state index contributed by atoms with van der Waals surface area (Å²) in [4.78, 5) is 0. The zero-order valence-corrected chi connectivity index (χ0v) is 8.91. The molecule has 13 heavy (non-hydrogen) atoms. The molecule has 1 aliphatic heterocycles. The van der Waals surface area contributed by atoms with Crippen LogP contribution in [0.4, 0.5) is 0 Å². The first-order valence-corrected chi connectivity index (χ1v) is 5.13. The second kappa shape index (κ2) is 3.49. The van der Waals surface area contributed by atoms with Crippen molar-refractivity contribution in [1.29, 1.82) is 0 Å². The van der Waals surface area contributed by atoms with Crippen LogP contribution in [-0.2, 0) is 6.54 Å². The van der Waals surface area contributed by atoms with Crippen molar-refractivity contribution in [1.82, 2.24) is 5.32 Å². The maximum atomic E-state index is 6.10. The second-order valence-electron chi connectivity index (χ2n) is 3.46. The molecular weight excluding hydrogens is 205 g/mol. The van der Waals surface area contributed by atoms with E-state index in [2.05, 4.69) is 18.3 Å². The fraction of sp³-hybridized carbons (Fsp3) is 0.400. The summed E-state index contributed by atoms with van der Waals surface area (Å²) >= 11 is 12.0. The highest BCUT2D eigenvalue weighted by atomic mass is 35.5. The Bertz CT molecular complexity index is 336. The standard InChI is InChI=1S/C10H11Cl2N/c1-6-4-13-5-8-7(6)2-3-9(11)10(8)12/h2-3,6,13H,4-5H2,1H3. The van der Waals surface area contributed by atoms with Crippen LogP contribution in [0.15, 0.2) is 12.1 Å². The Morgan fingerprint density at radius 3 is 2.92 bits per heavy atom. The Kier molecular flexibility index (Phi) is 2.50. The van der Waals surface area contributed by atoms with E-state index in [-0.39, 0.29) is 0 Å². The molecule has 3 heteroatoms. The first-order chi connectivity index (χ1) is 6.20. The Morgan fingerprint density at radius 1 is 1.38 bits per heavy atom. The van der Waals surface area contributed by atoms with Crippen molar-refractivity contribution < 1.29 is 0 Å². The minimum Gasteiger partial charge on any atom is -0.312 e. The van der Waals surface area contributed by atoms with Gasteiger partial charge >= 0.3 is 0 Å². The molecule has 0 saturated heterocycles. The molecule has 1 heterocycles. The predicted molar refractivity (Wildman–Crippen MR) is 56.6 cm³/mol. The van der Waals surface area contributed by atoms with E-state index in [1.807, 2.05) is 6.07 Å². The normalized spacial score (nSPS) is 21.3. The molecule has 0 radical (unpaired) electrons. The van der Waals surface area contributed by atoms with Gasteiger partial charge in [0, 0.05) is 13.1 Å². The average molecular weight is 216 g/mol. The van der Waals surface area contributed by atoms with E-state index in [9.17, 15) is 0 Å². The van der Waals surface area contributed by atoms with Gasteiger partial charge in [-0.15, -0.1) is 0 Å². The van der Waals surface area contributed by atoms with E-state index >= 15 is 0 Å². The van der Waals surface area contributed by atoms with Gasteiger partial charge in [-0.1, -0.05) is 36.2 Å². The van der Waals surface area contributed by atoms with Crippen molar-refractivity contribution in [2.75, 3.05) is 6.54 Å². The monoisotopic (exact) mass is 215 g/mol. The molecule has 2 rings (SSSR count). The fourth-order valence-corrected chi connectivity index (χ4v) is 2.19. The molecule has 1 atom stereocenters. The van der Waals surface area contributed by atoms with Crippen LogP contribution in [0.5, 0.6) is 0 Å². The van der Waals surface area contributed by atoms with E-state index < -0.39 is 0 Å². The first-order valence-electron chi connectivity index (χ1n) is 4.37. The summed E-state index contributed by atoms with van der Waals surface area (Å²) in [5.41, 5.74) is 2.49. The number of nitrogens with one attached hydrogen (secondary N) is 1. The van der Waals surface area contributed by atoms with Crippen molar-refractivity contribution >= 4 is 23.2 Å². The number of benzene rings is 1. The first kappa shape index (κ1) is 9.32. The lowest BCUT2D eigenvalue weighted by atomic mass is 9.92. The highest BCUT2D eigenvalue weighted by molar-refractivity contribution is 6.42. The minimum atomic E-state index is 0.526. The van der Waals surface area contributed by atoms with E-state index in [4.69, 9.17) is 23.2 Å². The molecule has 0 bridgehead atoms. The SMILES string of the molecule is CC1CNCc2c1ccc(Cl)c2Cl. The number of halogens is 2. The predicted octanol–water partition coefficient (Wildman–Crippen LogP) is 3.20. The zero-order chi connectivity index (χ0) is 9.42.